The molecule has 0 fully saturated rings. The van der Waals surface area contributed by atoms with Gasteiger partial charge in [0.2, 0.25) is 0 Å². The summed E-state index contributed by atoms with van der Waals surface area (Å²) in [6, 6.07) is 4.97. The van der Waals surface area contributed by atoms with Crippen LogP contribution in [0.25, 0.3) is 0 Å². The first-order chi connectivity index (χ1) is 7.19. The lowest BCUT2D eigenvalue weighted by atomic mass is 10.1. The van der Waals surface area contributed by atoms with E-state index < -0.39 is 0 Å². The van der Waals surface area contributed by atoms with Crippen molar-refractivity contribution in [3.05, 3.63) is 29.3 Å². The number of ether oxygens (including phenoxy) is 1. The molecule has 0 aliphatic rings. The number of aryl methyl sites for hydroxylation is 1. The predicted octanol–water partition coefficient (Wildman–Crippen LogP) is 1.42. The molecule has 0 radical (unpaired) electrons. The Bertz CT molecular complexity index is 388. The van der Waals surface area contributed by atoms with Crippen LogP contribution in [0.1, 0.15) is 15.9 Å². The summed E-state index contributed by atoms with van der Waals surface area (Å²) in [6.45, 7) is 1.82. The van der Waals surface area contributed by atoms with Crippen LogP contribution in [0, 0.1) is 6.92 Å². The largest absolute Gasteiger partial charge is 0.465 e. The number of esters is 1. The van der Waals surface area contributed by atoms with Gasteiger partial charge in [0, 0.05) is 0 Å². The number of rotatable bonds is 3. The van der Waals surface area contributed by atoms with E-state index in [9.17, 15) is 4.79 Å². The molecule has 2 N–H and O–H groups in total. The van der Waals surface area contributed by atoms with Crippen molar-refractivity contribution >= 4 is 18.0 Å². The number of benzene rings is 1. The number of nitrogens with zero attached hydrogens (tertiary/aromatic N) is 1. The van der Waals surface area contributed by atoms with Crippen molar-refractivity contribution in [2.24, 2.45) is 4.99 Å². The standard InChI is InChI=1S/C10H12N2O3/c1-7-5-8(10(13)15-2)3-4-9(7)11-6-12-14/h3-6,14H,1-2H3,(H,11,12). The van der Waals surface area contributed by atoms with Gasteiger partial charge in [-0.1, -0.05) is 0 Å². The lowest BCUT2D eigenvalue weighted by molar-refractivity contribution is 0.0600. The van der Waals surface area contributed by atoms with E-state index in [1.165, 1.54) is 7.11 Å². The average molecular weight is 208 g/mol. The monoisotopic (exact) mass is 208 g/mol. The number of carbonyl (C=O) groups excluding carboxylic acids is 1. The number of hydrogen-bond donors (Lipinski definition) is 2. The fourth-order valence-electron chi connectivity index (χ4n) is 1.14. The molecule has 0 aliphatic carbocycles. The van der Waals surface area contributed by atoms with Crippen LogP contribution >= 0.6 is 0 Å². The highest BCUT2D eigenvalue weighted by Gasteiger charge is 2.06. The van der Waals surface area contributed by atoms with Gasteiger partial charge < -0.3 is 4.74 Å². The Hall–Kier alpha value is -1.88. The second-order valence-corrected chi connectivity index (χ2v) is 2.88. The van der Waals surface area contributed by atoms with Crippen LogP contribution in [0.2, 0.25) is 0 Å². The minimum Gasteiger partial charge on any atom is -0.465 e. The van der Waals surface area contributed by atoms with Gasteiger partial charge in [-0.2, -0.15) is 0 Å². The Morgan fingerprint density at radius 2 is 2.33 bits per heavy atom. The Morgan fingerprint density at radius 1 is 1.60 bits per heavy atom. The average Bonchev–Trinajstić information content (AvgIpc) is 2.26. The third-order valence-electron chi connectivity index (χ3n) is 1.88. The highest BCUT2D eigenvalue weighted by Crippen LogP contribution is 2.19. The Morgan fingerprint density at radius 3 is 2.87 bits per heavy atom. The van der Waals surface area contributed by atoms with Crippen LogP contribution in [0.4, 0.5) is 5.69 Å². The molecule has 0 spiro atoms. The summed E-state index contributed by atoms with van der Waals surface area (Å²) in [7, 11) is 1.33. The van der Waals surface area contributed by atoms with Crippen molar-refractivity contribution in [2.75, 3.05) is 7.11 Å². The van der Waals surface area contributed by atoms with Gasteiger partial charge >= 0.3 is 5.97 Å². The summed E-state index contributed by atoms with van der Waals surface area (Å²) in [6.07, 6.45) is 1.15. The lowest BCUT2D eigenvalue weighted by Gasteiger charge is -2.03. The highest BCUT2D eigenvalue weighted by atomic mass is 16.5. The molecule has 0 saturated heterocycles. The maximum absolute atomic E-state index is 11.2. The molecule has 0 aliphatic heterocycles. The fraction of sp³-hybridized carbons (Fsp3) is 0.200. The molecular formula is C10H12N2O3. The van der Waals surface area contributed by atoms with Crippen molar-refractivity contribution in [1.82, 2.24) is 5.48 Å². The van der Waals surface area contributed by atoms with Gasteiger partial charge in [-0.3, -0.25) is 10.7 Å². The molecule has 80 valence electrons. The Balaban J connectivity index is 2.98. The van der Waals surface area contributed by atoms with Crippen molar-refractivity contribution in [1.29, 1.82) is 0 Å². The zero-order valence-electron chi connectivity index (χ0n) is 8.52. The van der Waals surface area contributed by atoms with E-state index in [0.717, 1.165) is 11.9 Å². The smallest absolute Gasteiger partial charge is 0.337 e. The number of methoxy groups -OCH3 is 1. The number of nitrogens with one attached hydrogen (secondary N) is 1. The van der Waals surface area contributed by atoms with E-state index in [4.69, 9.17) is 5.21 Å². The topological polar surface area (TPSA) is 70.9 Å². The van der Waals surface area contributed by atoms with Gasteiger partial charge in [-0.25, -0.2) is 9.79 Å². The van der Waals surface area contributed by atoms with E-state index in [-0.39, 0.29) is 5.97 Å². The van der Waals surface area contributed by atoms with Crippen LogP contribution in [0.5, 0.6) is 0 Å². The van der Waals surface area contributed by atoms with E-state index in [2.05, 4.69) is 9.73 Å². The molecule has 0 bridgehead atoms. The Kier molecular flexibility index (Phi) is 3.82. The van der Waals surface area contributed by atoms with E-state index in [1.807, 2.05) is 12.4 Å². The first kappa shape index (κ1) is 11.2. The van der Waals surface area contributed by atoms with Gasteiger partial charge in [0.15, 0.2) is 0 Å². The van der Waals surface area contributed by atoms with E-state index >= 15 is 0 Å². The molecule has 0 heterocycles. The fourth-order valence-corrected chi connectivity index (χ4v) is 1.14. The van der Waals surface area contributed by atoms with Crippen molar-refractivity contribution < 1.29 is 14.7 Å². The second-order valence-electron chi connectivity index (χ2n) is 2.88. The van der Waals surface area contributed by atoms with Gasteiger partial charge in [-0.05, 0) is 30.7 Å². The van der Waals surface area contributed by atoms with Gasteiger partial charge in [0.05, 0.1) is 18.4 Å². The first-order valence-electron chi connectivity index (χ1n) is 4.30. The summed E-state index contributed by atoms with van der Waals surface area (Å²) in [5, 5.41) is 8.33. The molecule has 1 aromatic rings. The lowest BCUT2D eigenvalue weighted by Crippen LogP contribution is -2.02. The minimum atomic E-state index is -0.381. The number of hydrogen-bond acceptors (Lipinski definition) is 4. The molecule has 0 amide bonds. The summed E-state index contributed by atoms with van der Waals surface area (Å²) in [5.74, 6) is -0.381. The third-order valence-corrected chi connectivity index (χ3v) is 1.88. The van der Waals surface area contributed by atoms with E-state index in [0.29, 0.717) is 11.3 Å². The van der Waals surface area contributed by atoms with Crippen LogP contribution in [0.15, 0.2) is 23.2 Å². The highest BCUT2D eigenvalue weighted by molar-refractivity contribution is 5.90. The van der Waals surface area contributed by atoms with Crippen molar-refractivity contribution in [2.45, 2.75) is 6.92 Å². The number of aliphatic imine (C=N–C) groups is 1. The molecular weight excluding hydrogens is 196 g/mol. The quantitative estimate of drug-likeness (QED) is 0.341. The van der Waals surface area contributed by atoms with Crippen LogP contribution in [-0.2, 0) is 4.74 Å². The normalized spacial score (nSPS) is 10.3. The zero-order valence-corrected chi connectivity index (χ0v) is 8.52. The molecule has 1 aromatic carbocycles. The summed E-state index contributed by atoms with van der Waals surface area (Å²) >= 11 is 0. The minimum absolute atomic E-state index is 0.381. The third kappa shape index (κ3) is 2.78. The SMILES string of the molecule is COC(=O)c1ccc(N=CNO)c(C)c1. The molecule has 15 heavy (non-hydrogen) atoms. The predicted molar refractivity (Wildman–Crippen MR) is 55.6 cm³/mol. The molecule has 5 nitrogen and oxygen atoms in total. The molecule has 0 saturated carbocycles. The first-order valence-corrected chi connectivity index (χ1v) is 4.30. The maximum atomic E-state index is 11.2. The zero-order chi connectivity index (χ0) is 11.3. The maximum Gasteiger partial charge on any atom is 0.337 e. The summed E-state index contributed by atoms with van der Waals surface area (Å²) in [5.41, 5.74) is 3.78. The van der Waals surface area contributed by atoms with Gasteiger partial charge in [0.25, 0.3) is 0 Å². The summed E-state index contributed by atoms with van der Waals surface area (Å²) in [4.78, 5) is 15.1. The Labute approximate surface area is 87.4 Å². The van der Waals surface area contributed by atoms with E-state index in [1.54, 1.807) is 18.2 Å². The second kappa shape index (κ2) is 5.11. The number of carbonyl (C=O) groups is 1. The van der Waals surface area contributed by atoms with Crippen LogP contribution < -0.4 is 5.48 Å². The van der Waals surface area contributed by atoms with Gasteiger partial charge in [-0.15, -0.1) is 0 Å². The van der Waals surface area contributed by atoms with Crippen molar-refractivity contribution in [3.8, 4) is 0 Å². The molecule has 0 aromatic heterocycles. The van der Waals surface area contributed by atoms with Gasteiger partial charge in [0.1, 0.15) is 6.34 Å². The van der Waals surface area contributed by atoms with Crippen molar-refractivity contribution in [3.63, 3.8) is 0 Å². The van der Waals surface area contributed by atoms with Crippen LogP contribution in [-0.4, -0.2) is 24.6 Å². The molecule has 1 rings (SSSR count). The van der Waals surface area contributed by atoms with Crippen LogP contribution in [0.3, 0.4) is 0 Å². The number of hydroxylamine groups is 1. The summed E-state index contributed by atoms with van der Waals surface area (Å²) < 4.78 is 4.58. The molecule has 0 atom stereocenters. The molecule has 5 heteroatoms. The molecule has 0 unspecified atom stereocenters.